The van der Waals surface area contributed by atoms with E-state index in [1.165, 1.54) is 19.3 Å². The van der Waals surface area contributed by atoms with Gasteiger partial charge in [0.15, 0.2) is 5.75 Å². The van der Waals surface area contributed by atoms with Crippen molar-refractivity contribution in [2.24, 2.45) is 5.92 Å². The van der Waals surface area contributed by atoms with Crippen LogP contribution in [0.15, 0.2) is 28.9 Å². The number of nitrogen functional groups attached to an aromatic ring is 1. The van der Waals surface area contributed by atoms with Crippen LogP contribution in [-0.2, 0) is 0 Å². The van der Waals surface area contributed by atoms with Gasteiger partial charge in [-0.25, -0.2) is 0 Å². The van der Waals surface area contributed by atoms with Crippen molar-refractivity contribution >= 4 is 32.5 Å². The molecule has 19 heavy (non-hydrogen) atoms. The lowest BCUT2D eigenvalue weighted by molar-refractivity contribution is 0.224. The molecule has 0 amide bonds. The summed E-state index contributed by atoms with van der Waals surface area (Å²) in [6.45, 7) is 0.737. The van der Waals surface area contributed by atoms with E-state index < -0.39 is 0 Å². The van der Waals surface area contributed by atoms with E-state index in [1.807, 2.05) is 18.2 Å². The van der Waals surface area contributed by atoms with E-state index in [9.17, 15) is 0 Å². The minimum Gasteiger partial charge on any atom is -0.491 e. The van der Waals surface area contributed by atoms with Gasteiger partial charge < -0.3 is 10.5 Å². The van der Waals surface area contributed by atoms with Gasteiger partial charge in [0, 0.05) is 9.86 Å². The second kappa shape index (κ2) is 5.37. The highest BCUT2D eigenvalue weighted by molar-refractivity contribution is 9.10. The zero-order valence-corrected chi connectivity index (χ0v) is 12.3. The highest BCUT2D eigenvalue weighted by Gasteiger charge is 2.17. The van der Waals surface area contributed by atoms with E-state index in [2.05, 4.69) is 20.9 Å². The molecule has 1 heterocycles. The number of hydrogen-bond donors (Lipinski definition) is 1. The van der Waals surface area contributed by atoms with Crippen LogP contribution in [0.4, 0.5) is 5.69 Å². The average molecular weight is 321 g/mol. The Labute approximate surface area is 121 Å². The van der Waals surface area contributed by atoms with Gasteiger partial charge >= 0.3 is 0 Å². The molecule has 0 atom stereocenters. The van der Waals surface area contributed by atoms with Crippen molar-refractivity contribution in [2.45, 2.75) is 25.7 Å². The van der Waals surface area contributed by atoms with Crippen molar-refractivity contribution in [1.29, 1.82) is 0 Å². The van der Waals surface area contributed by atoms with Crippen molar-refractivity contribution in [2.75, 3.05) is 12.3 Å². The molecule has 1 aliphatic carbocycles. The van der Waals surface area contributed by atoms with Gasteiger partial charge in [0.2, 0.25) is 0 Å². The molecule has 0 unspecified atom stereocenters. The number of nitrogens with zero attached hydrogens (tertiary/aromatic N) is 1. The predicted octanol–water partition coefficient (Wildman–Crippen LogP) is 4.15. The topological polar surface area (TPSA) is 48.1 Å². The van der Waals surface area contributed by atoms with Crippen LogP contribution < -0.4 is 10.5 Å². The van der Waals surface area contributed by atoms with Gasteiger partial charge in [-0.3, -0.25) is 4.98 Å². The Morgan fingerprint density at radius 1 is 1.37 bits per heavy atom. The fourth-order valence-electron chi connectivity index (χ4n) is 2.43. The van der Waals surface area contributed by atoms with Gasteiger partial charge in [-0.1, -0.05) is 35.2 Å². The Bertz CT molecular complexity index is 591. The van der Waals surface area contributed by atoms with E-state index >= 15 is 0 Å². The fraction of sp³-hybridized carbons (Fsp3) is 0.400. The molecule has 3 rings (SSSR count). The molecule has 1 aromatic heterocycles. The molecule has 0 radical (unpaired) electrons. The molecule has 0 bridgehead atoms. The first-order valence-electron chi connectivity index (χ1n) is 6.70. The number of anilines is 1. The van der Waals surface area contributed by atoms with Crippen molar-refractivity contribution in [1.82, 2.24) is 4.98 Å². The van der Waals surface area contributed by atoms with Crippen molar-refractivity contribution < 1.29 is 4.74 Å². The first kappa shape index (κ1) is 12.7. The Kier molecular flexibility index (Phi) is 3.60. The van der Waals surface area contributed by atoms with E-state index in [0.29, 0.717) is 5.69 Å². The SMILES string of the molecule is Nc1cnc2ccc(Br)cc2c1OCCC1CCC1. The lowest BCUT2D eigenvalue weighted by Gasteiger charge is -2.25. The van der Waals surface area contributed by atoms with Crippen molar-refractivity contribution in [3.8, 4) is 5.75 Å². The molecule has 0 spiro atoms. The van der Waals surface area contributed by atoms with Crippen molar-refractivity contribution in [3.05, 3.63) is 28.9 Å². The number of rotatable bonds is 4. The number of benzene rings is 1. The maximum atomic E-state index is 6.00. The van der Waals surface area contributed by atoms with Gasteiger partial charge in [0.05, 0.1) is 24.0 Å². The molecule has 0 aliphatic heterocycles. The Morgan fingerprint density at radius 3 is 2.95 bits per heavy atom. The van der Waals surface area contributed by atoms with E-state index in [4.69, 9.17) is 10.5 Å². The third kappa shape index (κ3) is 2.68. The minimum absolute atomic E-state index is 0.610. The molecule has 1 saturated carbocycles. The monoisotopic (exact) mass is 320 g/mol. The summed E-state index contributed by atoms with van der Waals surface area (Å²) >= 11 is 3.48. The van der Waals surface area contributed by atoms with Gasteiger partial charge in [-0.05, 0) is 30.5 Å². The molecular formula is C15H17BrN2O. The summed E-state index contributed by atoms with van der Waals surface area (Å²) in [6.07, 6.45) is 6.87. The van der Waals surface area contributed by atoms with Crippen LogP contribution in [0.1, 0.15) is 25.7 Å². The lowest BCUT2D eigenvalue weighted by atomic mass is 9.83. The molecule has 0 saturated heterocycles. The Balaban J connectivity index is 1.83. The molecule has 4 heteroatoms. The summed E-state index contributed by atoms with van der Waals surface area (Å²) in [5.41, 5.74) is 7.52. The van der Waals surface area contributed by atoms with E-state index in [-0.39, 0.29) is 0 Å². The van der Waals surface area contributed by atoms with Crippen LogP contribution in [0.3, 0.4) is 0 Å². The number of fused-ring (bicyclic) bond motifs is 1. The van der Waals surface area contributed by atoms with Gasteiger partial charge in [0.25, 0.3) is 0 Å². The zero-order valence-electron chi connectivity index (χ0n) is 10.7. The van der Waals surface area contributed by atoms with E-state index in [0.717, 1.165) is 40.1 Å². The lowest BCUT2D eigenvalue weighted by Crippen LogP contribution is -2.14. The first-order valence-corrected chi connectivity index (χ1v) is 7.50. The zero-order chi connectivity index (χ0) is 13.2. The summed E-state index contributed by atoms with van der Waals surface area (Å²) in [6, 6.07) is 5.96. The maximum Gasteiger partial charge on any atom is 0.153 e. The quantitative estimate of drug-likeness (QED) is 0.920. The van der Waals surface area contributed by atoms with Gasteiger partial charge in [-0.2, -0.15) is 0 Å². The van der Waals surface area contributed by atoms with E-state index in [1.54, 1.807) is 6.20 Å². The second-order valence-electron chi connectivity index (χ2n) is 5.14. The summed E-state index contributed by atoms with van der Waals surface area (Å²) in [7, 11) is 0. The fourth-order valence-corrected chi connectivity index (χ4v) is 2.79. The molecule has 1 aromatic carbocycles. The second-order valence-corrected chi connectivity index (χ2v) is 6.05. The molecule has 2 aromatic rings. The minimum atomic E-state index is 0.610. The maximum absolute atomic E-state index is 6.00. The van der Waals surface area contributed by atoms with Crippen LogP contribution in [0.25, 0.3) is 10.9 Å². The highest BCUT2D eigenvalue weighted by Crippen LogP contribution is 2.34. The van der Waals surface area contributed by atoms with Crippen LogP contribution in [0, 0.1) is 5.92 Å². The third-order valence-corrected chi connectivity index (χ3v) is 4.30. The Morgan fingerprint density at radius 2 is 2.21 bits per heavy atom. The molecule has 2 N–H and O–H groups in total. The summed E-state index contributed by atoms with van der Waals surface area (Å²) in [5, 5.41) is 0.975. The van der Waals surface area contributed by atoms with Crippen LogP contribution in [0.5, 0.6) is 5.75 Å². The number of ether oxygens (including phenoxy) is 1. The molecule has 1 aliphatic rings. The molecular weight excluding hydrogens is 304 g/mol. The number of pyridine rings is 1. The van der Waals surface area contributed by atoms with Crippen LogP contribution in [-0.4, -0.2) is 11.6 Å². The van der Waals surface area contributed by atoms with Gasteiger partial charge in [0.1, 0.15) is 0 Å². The summed E-state index contributed by atoms with van der Waals surface area (Å²) in [4.78, 5) is 4.33. The summed E-state index contributed by atoms with van der Waals surface area (Å²) in [5.74, 6) is 1.62. The number of aromatic nitrogens is 1. The first-order chi connectivity index (χ1) is 9.24. The van der Waals surface area contributed by atoms with Crippen LogP contribution in [0.2, 0.25) is 0 Å². The predicted molar refractivity (Wildman–Crippen MR) is 81.3 cm³/mol. The largest absolute Gasteiger partial charge is 0.491 e. The molecule has 1 fully saturated rings. The smallest absolute Gasteiger partial charge is 0.153 e. The number of hydrogen-bond acceptors (Lipinski definition) is 3. The Hall–Kier alpha value is -1.29. The average Bonchev–Trinajstić information content (AvgIpc) is 2.34. The van der Waals surface area contributed by atoms with Gasteiger partial charge in [-0.15, -0.1) is 0 Å². The highest BCUT2D eigenvalue weighted by atomic mass is 79.9. The third-order valence-electron chi connectivity index (χ3n) is 3.81. The van der Waals surface area contributed by atoms with Crippen molar-refractivity contribution in [3.63, 3.8) is 0 Å². The normalized spacial score (nSPS) is 15.4. The number of nitrogens with two attached hydrogens (primary N) is 1. The molecule has 3 nitrogen and oxygen atoms in total. The summed E-state index contributed by atoms with van der Waals surface area (Å²) < 4.78 is 6.94. The standard InChI is InChI=1S/C15H17BrN2O/c16-11-4-5-14-12(8-11)15(13(17)9-18-14)19-7-6-10-2-1-3-10/h4-5,8-10H,1-3,6-7,17H2. The van der Waals surface area contributed by atoms with Crippen LogP contribution >= 0.6 is 15.9 Å². The molecule has 100 valence electrons. The number of halogens is 1.